The number of hydrogen-bond acceptors (Lipinski definition) is 6. The standard InChI is InChI=1S/C16H20N4O3S2/c1-10(2)14-15(20(4,16(24)17-3)13(9-21)18-14)25-12-7-5-6-11(8-12)19(22)23/h5-8,10,21H,9H2,1-4H3/p+1. The first kappa shape index (κ1) is 19.5. The zero-order valence-corrected chi connectivity index (χ0v) is 16.1. The van der Waals surface area contributed by atoms with Crippen LogP contribution in [-0.2, 0) is 0 Å². The SMILES string of the molecule is CNC(=S)[N+]1(C)C(CO)=NC(C(C)C)=C1Sc1cccc([N+](=O)[O-])c1. The third-order valence-corrected chi connectivity index (χ3v) is 5.77. The number of amidine groups is 1. The summed E-state index contributed by atoms with van der Waals surface area (Å²) >= 11 is 6.87. The summed E-state index contributed by atoms with van der Waals surface area (Å²) in [5, 5.41) is 25.1. The van der Waals surface area contributed by atoms with Gasteiger partial charge in [0.2, 0.25) is 10.9 Å². The lowest BCUT2D eigenvalue weighted by Crippen LogP contribution is -2.55. The molecule has 9 heteroatoms. The van der Waals surface area contributed by atoms with Gasteiger partial charge in [0, 0.05) is 42.2 Å². The van der Waals surface area contributed by atoms with E-state index < -0.39 is 4.92 Å². The van der Waals surface area contributed by atoms with Gasteiger partial charge >= 0.3 is 0 Å². The van der Waals surface area contributed by atoms with Gasteiger partial charge in [-0.1, -0.05) is 19.9 Å². The van der Waals surface area contributed by atoms with E-state index in [9.17, 15) is 15.2 Å². The summed E-state index contributed by atoms with van der Waals surface area (Å²) in [6, 6.07) is 6.45. The number of benzene rings is 1. The molecule has 7 nitrogen and oxygen atoms in total. The maximum absolute atomic E-state index is 11.0. The number of aliphatic hydroxyl groups is 1. The molecule has 1 heterocycles. The smallest absolute Gasteiger partial charge is 0.281 e. The van der Waals surface area contributed by atoms with Crippen molar-refractivity contribution in [3.8, 4) is 0 Å². The van der Waals surface area contributed by atoms with Crippen molar-refractivity contribution in [2.45, 2.75) is 18.7 Å². The number of aliphatic hydroxyl groups excluding tert-OH is 1. The van der Waals surface area contributed by atoms with Gasteiger partial charge < -0.3 is 10.4 Å². The highest BCUT2D eigenvalue weighted by Gasteiger charge is 2.47. The van der Waals surface area contributed by atoms with Crippen LogP contribution >= 0.6 is 24.0 Å². The number of nitro groups is 1. The van der Waals surface area contributed by atoms with E-state index in [1.807, 2.05) is 27.0 Å². The summed E-state index contributed by atoms with van der Waals surface area (Å²) in [6.07, 6.45) is 0. The van der Waals surface area contributed by atoms with Gasteiger partial charge in [-0.2, -0.15) is 9.48 Å². The Hall–Kier alpha value is -1.81. The topological polar surface area (TPSA) is 87.8 Å². The van der Waals surface area contributed by atoms with Crippen molar-refractivity contribution >= 4 is 40.6 Å². The Morgan fingerprint density at radius 2 is 2.20 bits per heavy atom. The van der Waals surface area contributed by atoms with Crippen LogP contribution in [0.2, 0.25) is 0 Å². The van der Waals surface area contributed by atoms with Crippen LogP contribution in [0.25, 0.3) is 0 Å². The van der Waals surface area contributed by atoms with Crippen molar-refractivity contribution in [1.29, 1.82) is 0 Å². The number of likely N-dealkylation sites (N-methyl/N-ethyl adjacent to an activating group) is 1. The van der Waals surface area contributed by atoms with Gasteiger partial charge in [-0.3, -0.25) is 10.1 Å². The number of nitrogens with one attached hydrogen (secondary N) is 1. The van der Waals surface area contributed by atoms with Crippen molar-refractivity contribution in [3.63, 3.8) is 0 Å². The minimum Gasteiger partial charge on any atom is -0.384 e. The summed E-state index contributed by atoms with van der Waals surface area (Å²) < 4.78 is 0.0726. The Bertz CT molecular complexity index is 776. The maximum Gasteiger partial charge on any atom is 0.281 e. The Kier molecular flexibility index (Phi) is 5.94. The van der Waals surface area contributed by atoms with Gasteiger partial charge in [-0.05, 0) is 17.8 Å². The fraction of sp³-hybridized carbons (Fsp3) is 0.375. The number of quaternary nitrogens is 1. The maximum atomic E-state index is 11.0. The van der Waals surface area contributed by atoms with Crippen LogP contribution in [0.3, 0.4) is 0 Å². The van der Waals surface area contributed by atoms with Gasteiger partial charge in [0.25, 0.3) is 10.8 Å². The second kappa shape index (κ2) is 7.61. The molecule has 0 spiro atoms. The molecule has 1 atom stereocenters. The summed E-state index contributed by atoms with van der Waals surface area (Å²) in [6.45, 7) is 3.80. The van der Waals surface area contributed by atoms with Crippen LogP contribution in [0, 0.1) is 16.0 Å². The van der Waals surface area contributed by atoms with E-state index in [1.165, 1.54) is 23.9 Å². The van der Waals surface area contributed by atoms with E-state index in [0.29, 0.717) is 10.9 Å². The van der Waals surface area contributed by atoms with Crippen LogP contribution in [0.4, 0.5) is 5.69 Å². The first-order valence-electron chi connectivity index (χ1n) is 7.70. The molecule has 1 aromatic rings. The summed E-state index contributed by atoms with van der Waals surface area (Å²) in [5.74, 6) is 0.637. The molecular formula is C16H21N4O3S2+. The molecule has 0 amide bonds. The molecule has 0 saturated heterocycles. The zero-order chi connectivity index (χ0) is 18.8. The molecule has 1 aliphatic rings. The third kappa shape index (κ3) is 3.59. The summed E-state index contributed by atoms with van der Waals surface area (Å²) in [7, 11) is 3.59. The van der Waals surface area contributed by atoms with Crippen molar-refractivity contribution in [1.82, 2.24) is 5.32 Å². The number of thiocarbonyl (C=S) groups is 1. The number of rotatable bonds is 5. The van der Waals surface area contributed by atoms with E-state index in [-0.39, 0.29) is 22.7 Å². The van der Waals surface area contributed by atoms with Crippen LogP contribution in [0.1, 0.15) is 13.8 Å². The monoisotopic (exact) mass is 381 g/mol. The highest BCUT2D eigenvalue weighted by molar-refractivity contribution is 8.03. The highest BCUT2D eigenvalue weighted by atomic mass is 32.2. The Labute approximate surface area is 156 Å². The fourth-order valence-corrected chi connectivity index (χ4v) is 4.10. The quantitative estimate of drug-likeness (QED) is 0.353. The van der Waals surface area contributed by atoms with E-state index in [4.69, 9.17) is 12.2 Å². The normalized spacial score (nSPS) is 20.0. The lowest BCUT2D eigenvalue weighted by atomic mass is 10.1. The van der Waals surface area contributed by atoms with Gasteiger partial charge in [0.1, 0.15) is 12.3 Å². The molecule has 1 aliphatic heterocycles. The molecule has 25 heavy (non-hydrogen) atoms. The fourth-order valence-electron chi connectivity index (χ4n) is 2.53. The second-order valence-electron chi connectivity index (χ2n) is 5.95. The van der Waals surface area contributed by atoms with Gasteiger partial charge in [-0.25, -0.2) is 0 Å². The van der Waals surface area contributed by atoms with Crippen molar-refractivity contribution in [2.24, 2.45) is 10.9 Å². The number of allylic oxidation sites excluding steroid dienone is 1. The molecule has 0 aliphatic carbocycles. The summed E-state index contributed by atoms with van der Waals surface area (Å²) in [5.41, 5.74) is 0.851. The van der Waals surface area contributed by atoms with Crippen LogP contribution in [0.5, 0.6) is 0 Å². The van der Waals surface area contributed by atoms with Crippen molar-refractivity contribution in [2.75, 3.05) is 20.7 Å². The molecule has 0 aromatic heterocycles. The van der Waals surface area contributed by atoms with E-state index in [0.717, 1.165) is 15.6 Å². The van der Waals surface area contributed by atoms with Crippen LogP contribution in [0.15, 0.2) is 44.9 Å². The van der Waals surface area contributed by atoms with Crippen LogP contribution in [-0.4, -0.2) is 46.2 Å². The van der Waals surface area contributed by atoms with E-state index >= 15 is 0 Å². The predicted molar refractivity (Wildman–Crippen MR) is 103 cm³/mol. The van der Waals surface area contributed by atoms with E-state index in [1.54, 1.807) is 13.1 Å². The van der Waals surface area contributed by atoms with Gasteiger partial charge in [-0.15, -0.1) is 0 Å². The summed E-state index contributed by atoms with van der Waals surface area (Å²) in [4.78, 5) is 15.9. The highest BCUT2D eigenvalue weighted by Crippen LogP contribution is 2.43. The second-order valence-corrected chi connectivity index (χ2v) is 7.40. The third-order valence-electron chi connectivity index (χ3n) is 3.94. The molecule has 0 fully saturated rings. The number of non-ortho nitro benzene ring substituents is 1. The molecule has 0 bridgehead atoms. The van der Waals surface area contributed by atoms with E-state index in [2.05, 4.69) is 10.3 Å². The number of thioether (sulfide) groups is 1. The number of nitrogens with zero attached hydrogens (tertiary/aromatic N) is 3. The Balaban J connectivity index is 2.54. The molecule has 1 unspecified atom stereocenters. The number of nitro benzene ring substituents is 1. The number of hydrogen-bond donors (Lipinski definition) is 2. The van der Waals surface area contributed by atoms with Crippen LogP contribution < -0.4 is 5.32 Å². The van der Waals surface area contributed by atoms with Gasteiger partial charge in [0.15, 0.2) is 0 Å². The average Bonchev–Trinajstić information content (AvgIpc) is 2.88. The lowest BCUT2D eigenvalue weighted by Gasteiger charge is -2.30. The van der Waals surface area contributed by atoms with Crippen molar-refractivity contribution < 1.29 is 14.5 Å². The molecule has 134 valence electrons. The first-order chi connectivity index (χ1) is 11.7. The minimum absolute atomic E-state index is 0.0309. The molecule has 0 saturated carbocycles. The molecule has 2 rings (SSSR count). The zero-order valence-electron chi connectivity index (χ0n) is 14.5. The largest absolute Gasteiger partial charge is 0.384 e. The molecular weight excluding hydrogens is 360 g/mol. The van der Waals surface area contributed by atoms with Crippen molar-refractivity contribution in [3.05, 3.63) is 45.1 Å². The number of aliphatic imine (C=N–C) groups is 1. The van der Waals surface area contributed by atoms with Gasteiger partial charge in [0.05, 0.1) is 12.0 Å². The molecule has 1 aromatic carbocycles. The predicted octanol–water partition coefficient (Wildman–Crippen LogP) is 2.87. The first-order valence-corrected chi connectivity index (χ1v) is 8.93. The average molecular weight is 382 g/mol. The lowest BCUT2D eigenvalue weighted by molar-refractivity contribution is -0.668. The minimum atomic E-state index is -0.418. The Morgan fingerprint density at radius 3 is 2.72 bits per heavy atom. The Morgan fingerprint density at radius 1 is 1.52 bits per heavy atom. The molecule has 2 N–H and O–H groups in total. The molecule has 0 radical (unpaired) electrons.